The van der Waals surface area contributed by atoms with Crippen molar-refractivity contribution >= 4 is 0 Å². The molecule has 1 unspecified atom stereocenters. The number of halogens is 2. The molecule has 2 saturated carbocycles. The van der Waals surface area contributed by atoms with Gasteiger partial charge in [-0.15, -0.1) is 0 Å². The second kappa shape index (κ2) is 11.5. The minimum Gasteiger partial charge on any atom is -0.485 e. The van der Waals surface area contributed by atoms with Crippen LogP contribution in [0.2, 0.25) is 0 Å². The number of hydrogen-bond acceptors (Lipinski definition) is 1. The van der Waals surface area contributed by atoms with E-state index < -0.39 is 11.6 Å². The fourth-order valence-electron chi connectivity index (χ4n) is 5.96. The highest BCUT2D eigenvalue weighted by Gasteiger charge is 2.31. The average molecular weight is 421 g/mol. The van der Waals surface area contributed by atoms with Gasteiger partial charge in [0.05, 0.1) is 6.10 Å². The van der Waals surface area contributed by atoms with Crippen molar-refractivity contribution in [3.63, 3.8) is 0 Å². The highest BCUT2D eigenvalue weighted by Crippen LogP contribution is 2.45. The summed E-state index contributed by atoms with van der Waals surface area (Å²) in [5.41, 5.74) is 0.823. The Bertz CT molecular complexity index is 619. The Morgan fingerprint density at radius 3 is 1.97 bits per heavy atom. The summed E-state index contributed by atoms with van der Waals surface area (Å²) < 4.78 is 34.9. The Kier molecular flexibility index (Phi) is 9.01. The molecule has 0 bridgehead atoms. The van der Waals surface area contributed by atoms with Crippen molar-refractivity contribution in [2.75, 3.05) is 0 Å². The standard InChI is InChI=1S/C27H42F2O/c1-4-6-8-19(3)30-27-25(28)17-24(18-26(27)29)23-15-13-22(14-16-23)21-11-9-20(7-5-2)10-12-21/h17-23H,4-16H2,1-3H3. The van der Waals surface area contributed by atoms with Gasteiger partial charge in [-0.2, -0.15) is 0 Å². The second-order valence-electron chi connectivity index (χ2n) is 10.1. The molecule has 2 aliphatic rings. The predicted molar refractivity (Wildman–Crippen MR) is 121 cm³/mol. The van der Waals surface area contributed by atoms with Crippen molar-refractivity contribution < 1.29 is 13.5 Å². The molecule has 1 atom stereocenters. The minimum absolute atomic E-state index is 0.164. The van der Waals surface area contributed by atoms with Crippen molar-refractivity contribution in [1.29, 1.82) is 0 Å². The van der Waals surface area contributed by atoms with Crippen LogP contribution in [0.15, 0.2) is 12.1 Å². The van der Waals surface area contributed by atoms with Crippen LogP contribution in [0.4, 0.5) is 8.78 Å². The van der Waals surface area contributed by atoms with Crippen molar-refractivity contribution in [3.8, 4) is 5.75 Å². The number of unbranched alkanes of at least 4 members (excludes halogenated alkanes) is 1. The van der Waals surface area contributed by atoms with E-state index in [0.29, 0.717) is 0 Å². The van der Waals surface area contributed by atoms with Crippen LogP contribution in [-0.4, -0.2) is 6.10 Å². The SMILES string of the molecule is CCCCC(C)Oc1c(F)cc(C2CCC(C3CCC(CCC)CC3)CC2)cc1F. The van der Waals surface area contributed by atoms with E-state index in [4.69, 9.17) is 4.74 Å². The molecule has 170 valence electrons. The Balaban J connectivity index is 1.53. The molecular weight excluding hydrogens is 378 g/mol. The lowest BCUT2D eigenvalue weighted by atomic mass is 9.68. The minimum atomic E-state index is -0.537. The topological polar surface area (TPSA) is 9.23 Å². The maximum Gasteiger partial charge on any atom is 0.191 e. The van der Waals surface area contributed by atoms with Crippen molar-refractivity contribution in [1.82, 2.24) is 0 Å². The van der Waals surface area contributed by atoms with Crippen LogP contribution < -0.4 is 4.74 Å². The second-order valence-corrected chi connectivity index (χ2v) is 10.1. The molecule has 2 aliphatic carbocycles. The molecule has 0 heterocycles. The van der Waals surface area contributed by atoms with E-state index in [1.165, 1.54) is 63.5 Å². The Labute approximate surface area is 183 Å². The first-order valence-electron chi connectivity index (χ1n) is 12.7. The molecule has 0 saturated heterocycles. The van der Waals surface area contributed by atoms with Crippen LogP contribution in [-0.2, 0) is 0 Å². The van der Waals surface area contributed by atoms with Gasteiger partial charge in [0, 0.05) is 0 Å². The number of ether oxygens (including phenoxy) is 1. The van der Waals surface area contributed by atoms with Crippen LogP contribution in [0, 0.1) is 29.4 Å². The average Bonchev–Trinajstić information content (AvgIpc) is 2.75. The summed E-state index contributed by atoms with van der Waals surface area (Å²) >= 11 is 0. The molecule has 0 radical (unpaired) electrons. The zero-order valence-electron chi connectivity index (χ0n) is 19.4. The van der Waals surface area contributed by atoms with Crippen molar-refractivity contribution in [2.24, 2.45) is 17.8 Å². The summed E-state index contributed by atoms with van der Waals surface area (Å²) in [4.78, 5) is 0. The lowest BCUT2D eigenvalue weighted by Crippen LogP contribution is -2.25. The molecular formula is C27H42F2O. The molecule has 30 heavy (non-hydrogen) atoms. The third-order valence-electron chi connectivity index (χ3n) is 7.80. The van der Waals surface area contributed by atoms with Gasteiger partial charge in [0.1, 0.15) is 0 Å². The Morgan fingerprint density at radius 1 is 0.867 bits per heavy atom. The van der Waals surface area contributed by atoms with Gasteiger partial charge in [0.25, 0.3) is 0 Å². The van der Waals surface area contributed by atoms with Crippen LogP contribution in [0.25, 0.3) is 0 Å². The molecule has 3 rings (SSSR count). The molecule has 1 nitrogen and oxygen atoms in total. The fourth-order valence-corrected chi connectivity index (χ4v) is 5.96. The lowest BCUT2D eigenvalue weighted by Gasteiger charge is -2.38. The Hall–Kier alpha value is -1.12. The molecule has 1 aromatic rings. The van der Waals surface area contributed by atoms with E-state index in [1.807, 2.05) is 6.92 Å². The first-order valence-corrected chi connectivity index (χ1v) is 12.7. The van der Waals surface area contributed by atoms with Gasteiger partial charge in [-0.25, -0.2) is 8.78 Å². The first-order chi connectivity index (χ1) is 14.5. The van der Waals surface area contributed by atoms with Crippen LogP contribution >= 0.6 is 0 Å². The quantitative estimate of drug-likeness (QED) is 0.388. The molecule has 0 aromatic heterocycles. The monoisotopic (exact) mass is 420 g/mol. The summed E-state index contributed by atoms with van der Waals surface area (Å²) in [5, 5.41) is 0. The molecule has 3 heteroatoms. The van der Waals surface area contributed by atoms with E-state index in [2.05, 4.69) is 13.8 Å². The zero-order valence-corrected chi connectivity index (χ0v) is 19.4. The molecule has 2 fully saturated rings. The van der Waals surface area contributed by atoms with E-state index in [-0.39, 0.29) is 17.8 Å². The van der Waals surface area contributed by atoms with Gasteiger partial charge in [-0.05, 0) is 93.2 Å². The highest BCUT2D eigenvalue weighted by atomic mass is 19.1. The Morgan fingerprint density at radius 2 is 1.43 bits per heavy atom. The maximum atomic E-state index is 14.7. The number of hydrogen-bond donors (Lipinski definition) is 0. The molecule has 1 aromatic carbocycles. The largest absolute Gasteiger partial charge is 0.485 e. The summed E-state index contributed by atoms with van der Waals surface area (Å²) in [6.45, 7) is 6.29. The maximum absolute atomic E-state index is 14.7. The summed E-state index contributed by atoms with van der Waals surface area (Å²) in [7, 11) is 0. The normalized spacial score (nSPS) is 28.3. The predicted octanol–water partition coefficient (Wildman–Crippen LogP) is 8.80. The van der Waals surface area contributed by atoms with Gasteiger partial charge in [0.2, 0.25) is 0 Å². The third kappa shape index (κ3) is 6.20. The number of rotatable bonds is 9. The smallest absolute Gasteiger partial charge is 0.191 e. The van der Waals surface area contributed by atoms with Crippen LogP contribution in [0.3, 0.4) is 0 Å². The van der Waals surface area contributed by atoms with Crippen molar-refractivity contribution in [3.05, 3.63) is 29.3 Å². The molecule has 0 spiro atoms. The summed E-state index contributed by atoms with van der Waals surface area (Å²) in [5.74, 6) is 1.68. The highest BCUT2D eigenvalue weighted by molar-refractivity contribution is 5.33. The van der Waals surface area contributed by atoms with Gasteiger partial charge in [-0.3, -0.25) is 0 Å². The van der Waals surface area contributed by atoms with E-state index in [1.54, 1.807) is 0 Å². The van der Waals surface area contributed by atoms with Crippen molar-refractivity contribution in [2.45, 2.75) is 116 Å². The molecule has 0 N–H and O–H groups in total. The fraction of sp³-hybridized carbons (Fsp3) is 0.778. The van der Waals surface area contributed by atoms with Crippen LogP contribution in [0.5, 0.6) is 5.75 Å². The van der Waals surface area contributed by atoms with E-state index in [0.717, 1.165) is 55.4 Å². The lowest BCUT2D eigenvalue weighted by molar-refractivity contribution is 0.156. The van der Waals surface area contributed by atoms with Gasteiger partial charge in [0.15, 0.2) is 17.4 Å². The third-order valence-corrected chi connectivity index (χ3v) is 7.80. The van der Waals surface area contributed by atoms with Gasteiger partial charge in [-0.1, -0.05) is 52.4 Å². The van der Waals surface area contributed by atoms with Crippen LogP contribution in [0.1, 0.15) is 116 Å². The number of benzene rings is 1. The van der Waals surface area contributed by atoms with Gasteiger partial charge < -0.3 is 4.74 Å². The first kappa shape index (κ1) is 23.5. The molecule has 0 aliphatic heterocycles. The van der Waals surface area contributed by atoms with Gasteiger partial charge >= 0.3 is 0 Å². The summed E-state index contributed by atoms with van der Waals surface area (Å²) in [6, 6.07) is 3.07. The zero-order chi connectivity index (χ0) is 21.5. The summed E-state index contributed by atoms with van der Waals surface area (Å²) in [6.07, 6.45) is 15.6. The molecule has 0 amide bonds. The van der Waals surface area contributed by atoms with E-state index >= 15 is 0 Å². The van der Waals surface area contributed by atoms with E-state index in [9.17, 15) is 8.78 Å².